The average Bonchev–Trinajstić information content (AvgIpc) is 2.92. The quantitative estimate of drug-likeness (QED) is 0.146. The highest BCUT2D eigenvalue weighted by Crippen LogP contribution is 2.26. The van der Waals surface area contributed by atoms with Crippen molar-refractivity contribution in [2.75, 3.05) is 32.1 Å². The van der Waals surface area contributed by atoms with Gasteiger partial charge in [0.1, 0.15) is 5.75 Å². The molecule has 9 nitrogen and oxygen atoms in total. The van der Waals surface area contributed by atoms with Crippen LogP contribution in [0.15, 0.2) is 30.5 Å². The number of aromatic nitrogens is 1. The molecule has 3 N–H and O–H groups in total. The van der Waals surface area contributed by atoms with E-state index < -0.39 is 11.9 Å². The van der Waals surface area contributed by atoms with Gasteiger partial charge in [-0.15, -0.1) is 0 Å². The van der Waals surface area contributed by atoms with Crippen LogP contribution in [0, 0.1) is 0 Å². The van der Waals surface area contributed by atoms with Gasteiger partial charge in [-0.3, -0.25) is 9.78 Å². The summed E-state index contributed by atoms with van der Waals surface area (Å²) in [5.74, 6) is -2.82. The zero-order chi connectivity index (χ0) is 28.9. The van der Waals surface area contributed by atoms with E-state index in [9.17, 15) is 4.79 Å². The number of amides is 1. The smallest absolute Gasteiger partial charge is 0.414 e. The van der Waals surface area contributed by atoms with Crippen molar-refractivity contribution in [3.63, 3.8) is 0 Å². The number of carbonyl (C=O) groups is 3. The number of methoxy groups -OCH3 is 1. The first kappa shape index (κ1) is 33.8. The Balaban J connectivity index is 0.00000113. The second kappa shape index (κ2) is 20.7. The molecule has 1 amide bonds. The number of aliphatic carboxylic acids is 2. The maximum atomic E-state index is 12.7. The number of nitrogens with one attached hydrogen (secondary N) is 1. The van der Waals surface area contributed by atoms with E-state index in [1.165, 1.54) is 64.2 Å². The highest BCUT2D eigenvalue weighted by Gasteiger charge is 2.10. The Morgan fingerprint density at radius 1 is 0.821 bits per heavy atom. The highest BCUT2D eigenvalue weighted by molar-refractivity contribution is 6.27. The second-order valence-corrected chi connectivity index (χ2v) is 9.67. The number of fused-ring (bicyclic) bond motifs is 1. The Morgan fingerprint density at radius 3 is 1.92 bits per heavy atom. The molecule has 0 saturated heterocycles. The number of carboxylic acids is 2. The lowest BCUT2D eigenvalue weighted by Gasteiger charge is -2.22. The van der Waals surface area contributed by atoms with Gasteiger partial charge in [-0.1, -0.05) is 65.2 Å². The lowest BCUT2D eigenvalue weighted by atomic mass is 10.1. The van der Waals surface area contributed by atoms with Crippen LogP contribution in [-0.4, -0.2) is 64.7 Å². The van der Waals surface area contributed by atoms with E-state index in [1.807, 2.05) is 24.3 Å². The predicted molar refractivity (Wildman–Crippen MR) is 155 cm³/mol. The van der Waals surface area contributed by atoms with Crippen molar-refractivity contribution in [3.05, 3.63) is 30.5 Å². The monoisotopic (exact) mass is 545 g/mol. The molecule has 2 rings (SSSR count). The fourth-order valence-electron chi connectivity index (χ4n) is 4.25. The van der Waals surface area contributed by atoms with Gasteiger partial charge in [0.2, 0.25) is 5.91 Å². The Hall–Kier alpha value is -3.20. The maximum absolute atomic E-state index is 12.7. The van der Waals surface area contributed by atoms with Gasteiger partial charge in [0.25, 0.3) is 0 Å². The molecular formula is C30H47N3O6. The molecule has 0 aliphatic carbocycles. The summed E-state index contributed by atoms with van der Waals surface area (Å²) in [5.41, 5.74) is 1.65. The van der Waals surface area contributed by atoms with Crippen LogP contribution in [0.5, 0.6) is 5.75 Å². The van der Waals surface area contributed by atoms with Crippen molar-refractivity contribution in [3.8, 4) is 5.75 Å². The summed E-state index contributed by atoms with van der Waals surface area (Å²) >= 11 is 0. The molecule has 0 spiro atoms. The molecule has 1 aromatic carbocycles. The van der Waals surface area contributed by atoms with Gasteiger partial charge >= 0.3 is 11.9 Å². The second-order valence-electron chi connectivity index (χ2n) is 9.67. The number of anilines is 1. The summed E-state index contributed by atoms with van der Waals surface area (Å²) < 4.78 is 5.34. The molecular weight excluding hydrogens is 498 g/mol. The number of carbonyl (C=O) groups excluding carboxylic acids is 1. The summed E-state index contributed by atoms with van der Waals surface area (Å²) in [6.45, 7) is 7.85. The predicted octanol–water partition coefficient (Wildman–Crippen LogP) is 6.36. The van der Waals surface area contributed by atoms with Crippen molar-refractivity contribution in [2.45, 2.75) is 90.9 Å². The van der Waals surface area contributed by atoms with Gasteiger partial charge in [-0.25, -0.2) is 9.59 Å². The number of rotatable bonds is 18. The minimum absolute atomic E-state index is 0.0659. The number of hydrogen-bond donors (Lipinski definition) is 3. The highest BCUT2D eigenvalue weighted by atomic mass is 16.5. The molecule has 1 heterocycles. The molecule has 2 aromatic rings. The maximum Gasteiger partial charge on any atom is 0.414 e. The van der Waals surface area contributed by atoms with E-state index in [1.54, 1.807) is 13.3 Å². The lowest BCUT2D eigenvalue weighted by Crippen LogP contribution is -2.28. The first-order valence-corrected chi connectivity index (χ1v) is 14.2. The molecule has 0 aliphatic heterocycles. The van der Waals surface area contributed by atoms with Crippen molar-refractivity contribution in [1.29, 1.82) is 0 Å². The molecule has 0 bridgehead atoms. The van der Waals surface area contributed by atoms with Crippen molar-refractivity contribution in [1.82, 2.24) is 9.88 Å². The van der Waals surface area contributed by atoms with Crippen LogP contribution >= 0.6 is 0 Å². The average molecular weight is 546 g/mol. The number of pyridine rings is 1. The molecule has 0 atom stereocenters. The third-order valence-corrected chi connectivity index (χ3v) is 6.44. The zero-order valence-electron chi connectivity index (χ0n) is 23.9. The first-order valence-electron chi connectivity index (χ1n) is 14.2. The van der Waals surface area contributed by atoms with E-state index in [-0.39, 0.29) is 5.91 Å². The Morgan fingerprint density at radius 2 is 1.38 bits per heavy atom. The topological polar surface area (TPSA) is 129 Å². The summed E-state index contributed by atoms with van der Waals surface area (Å²) in [5, 5.41) is 18.8. The van der Waals surface area contributed by atoms with Crippen molar-refractivity contribution >= 4 is 34.4 Å². The van der Waals surface area contributed by atoms with Crippen LogP contribution in [0.1, 0.15) is 90.9 Å². The number of hydrogen-bond acceptors (Lipinski definition) is 6. The fourth-order valence-corrected chi connectivity index (χ4v) is 4.25. The number of benzene rings is 1. The summed E-state index contributed by atoms with van der Waals surface area (Å²) in [4.78, 5) is 37.8. The molecule has 0 unspecified atom stereocenters. The summed E-state index contributed by atoms with van der Waals surface area (Å²) in [6.07, 6.45) is 16.3. The molecule has 218 valence electrons. The van der Waals surface area contributed by atoms with Gasteiger partial charge in [-0.05, 0) is 63.2 Å². The van der Waals surface area contributed by atoms with Crippen molar-refractivity contribution < 1.29 is 29.3 Å². The van der Waals surface area contributed by atoms with Crippen LogP contribution in [-0.2, 0) is 14.4 Å². The number of nitrogens with zero attached hydrogens (tertiary/aromatic N) is 2. The van der Waals surface area contributed by atoms with Gasteiger partial charge in [-0.2, -0.15) is 0 Å². The minimum Gasteiger partial charge on any atom is -0.497 e. The van der Waals surface area contributed by atoms with Crippen LogP contribution < -0.4 is 10.1 Å². The SMILES string of the molecule is CCCCCCCN(CCCCCCC)CCCC(=O)Nc1ccnc2ccc(OC)cc12.O=C(O)C(=O)O. The van der Waals surface area contributed by atoms with E-state index >= 15 is 0 Å². The Labute approximate surface area is 232 Å². The van der Waals surface area contributed by atoms with E-state index in [0.717, 1.165) is 48.4 Å². The summed E-state index contributed by atoms with van der Waals surface area (Å²) in [7, 11) is 1.65. The molecule has 0 aliphatic rings. The number of unbranched alkanes of at least 4 members (excludes halogenated alkanes) is 8. The van der Waals surface area contributed by atoms with Crippen LogP contribution in [0.25, 0.3) is 10.9 Å². The van der Waals surface area contributed by atoms with Crippen LogP contribution in [0.4, 0.5) is 5.69 Å². The van der Waals surface area contributed by atoms with E-state index in [4.69, 9.17) is 24.5 Å². The van der Waals surface area contributed by atoms with Crippen LogP contribution in [0.3, 0.4) is 0 Å². The van der Waals surface area contributed by atoms with E-state index in [0.29, 0.717) is 6.42 Å². The molecule has 9 heteroatoms. The minimum atomic E-state index is -1.82. The normalized spacial score (nSPS) is 10.7. The van der Waals surface area contributed by atoms with Crippen LogP contribution in [0.2, 0.25) is 0 Å². The Kier molecular flexibility index (Phi) is 18.0. The van der Waals surface area contributed by atoms with Gasteiger partial charge < -0.3 is 25.2 Å². The van der Waals surface area contributed by atoms with Crippen molar-refractivity contribution in [2.24, 2.45) is 0 Å². The van der Waals surface area contributed by atoms with Gasteiger partial charge in [0, 0.05) is 18.0 Å². The van der Waals surface area contributed by atoms with Gasteiger partial charge in [0.15, 0.2) is 0 Å². The standard InChI is InChI=1S/C28H45N3O2.C2H2O4/c1-4-6-8-10-12-20-31(21-13-11-9-7-5-2)22-14-15-28(32)30-27-18-19-29-26-17-16-24(33-3)23-25(26)27;3-1(4)2(5)6/h16-19,23H,4-15,20-22H2,1-3H3,(H,29,30,32);(H,3,4)(H,5,6). The van der Waals surface area contributed by atoms with E-state index in [2.05, 4.69) is 29.0 Å². The Bertz CT molecular complexity index is 972. The lowest BCUT2D eigenvalue weighted by molar-refractivity contribution is -0.159. The molecule has 1 aromatic heterocycles. The summed E-state index contributed by atoms with van der Waals surface area (Å²) in [6, 6.07) is 7.60. The first-order chi connectivity index (χ1) is 18.8. The molecule has 39 heavy (non-hydrogen) atoms. The molecule has 0 radical (unpaired) electrons. The number of ether oxygens (including phenoxy) is 1. The fraction of sp³-hybridized carbons (Fsp3) is 0.600. The number of carboxylic acid groups (broad SMARTS) is 2. The third kappa shape index (κ3) is 15.1. The zero-order valence-corrected chi connectivity index (χ0v) is 23.9. The largest absolute Gasteiger partial charge is 0.497 e. The van der Waals surface area contributed by atoms with Gasteiger partial charge in [0.05, 0.1) is 18.3 Å². The molecule has 0 saturated carbocycles. The third-order valence-electron chi connectivity index (χ3n) is 6.44. The molecule has 0 fully saturated rings.